The molecule has 0 amide bonds. The number of alkyl halides is 1. The first kappa shape index (κ1) is 20.3. The normalized spacial score (nSPS) is 10.7. The Bertz CT molecular complexity index is 761. The molecule has 2 aromatic carbocycles. The van der Waals surface area contributed by atoms with E-state index in [2.05, 4.69) is 16.4 Å². The molecule has 0 aliphatic rings. The summed E-state index contributed by atoms with van der Waals surface area (Å²) in [5.41, 5.74) is 1.22. The molecule has 0 atom stereocenters. The molecule has 27 heavy (non-hydrogen) atoms. The second-order valence-corrected chi connectivity index (χ2v) is 6.29. The van der Waals surface area contributed by atoms with Crippen molar-refractivity contribution in [3.05, 3.63) is 78.7 Å². The molecule has 0 saturated heterocycles. The highest BCUT2D eigenvalue weighted by Crippen LogP contribution is 2.19. The lowest BCUT2D eigenvalue weighted by atomic mass is 10.1. The second kappa shape index (κ2) is 9.09. The number of carbonyl (C=O) groups excluding carboxylic acids is 4. The summed E-state index contributed by atoms with van der Waals surface area (Å²) < 4.78 is 9.11. The van der Waals surface area contributed by atoms with E-state index in [0.717, 1.165) is 0 Å². The van der Waals surface area contributed by atoms with Crippen molar-refractivity contribution in [2.75, 3.05) is 0 Å². The minimum Gasteiger partial charge on any atom is -0.391 e. The largest absolute Gasteiger partial charge is 0.391 e. The average molecular weight is 388 g/mol. The molecule has 0 aliphatic carbocycles. The van der Waals surface area contributed by atoms with Crippen LogP contribution in [0.25, 0.3) is 0 Å². The second-order valence-electron chi connectivity index (χ2n) is 5.65. The van der Waals surface area contributed by atoms with Crippen molar-refractivity contribution in [3.63, 3.8) is 0 Å². The van der Waals surface area contributed by atoms with Gasteiger partial charge in [0.05, 0.1) is 12.8 Å². The number of hydrogen-bond acceptors (Lipinski definition) is 6. The van der Waals surface area contributed by atoms with Gasteiger partial charge in [0.2, 0.25) is 4.87 Å². The van der Waals surface area contributed by atoms with E-state index in [1.54, 1.807) is 60.7 Å². The Hall–Kier alpha value is -2.99. The van der Waals surface area contributed by atoms with Crippen LogP contribution in [0, 0.1) is 6.92 Å². The van der Waals surface area contributed by atoms with Crippen LogP contribution in [-0.2, 0) is 41.5 Å². The van der Waals surface area contributed by atoms with Crippen molar-refractivity contribution < 1.29 is 28.7 Å². The Kier molecular flexibility index (Phi) is 6.85. The molecule has 0 aliphatic heterocycles. The molecular formula is C20H16ClO6. The fourth-order valence-corrected chi connectivity index (χ4v) is 2.13. The molecule has 0 aromatic heterocycles. The molecular weight excluding hydrogens is 372 g/mol. The Balaban J connectivity index is 1.90. The lowest BCUT2D eigenvalue weighted by Gasteiger charge is -2.17. The molecule has 6 nitrogen and oxygen atoms in total. The van der Waals surface area contributed by atoms with Crippen LogP contribution in [0.15, 0.2) is 60.7 Å². The van der Waals surface area contributed by atoms with E-state index in [1.165, 1.54) is 0 Å². The highest BCUT2D eigenvalue weighted by atomic mass is 35.5. The molecule has 0 saturated carbocycles. The first-order chi connectivity index (χ1) is 12.8. The van der Waals surface area contributed by atoms with Crippen molar-refractivity contribution >= 4 is 35.5 Å². The third-order valence-electron chi connectivity index (χ3n) is 3.44. The summed E-state index contributed by atoms with van der Waals surface area (Å²) in [6.07, 6.45) is -0.386. The van der Waals surface area contributed by atoms with Gasteiger partial charge in [0.15, 0.2) is 0 Å². The monoisotopic (exact) mass is 387 g/mol. The van der Waals surface area contributed by atoms with Gasteiger partial charge in [-0.1, -0.05) is 72.3 Å². The van der Waals surface area contributed by atoms with Crippen LogP contribution in [0.1, 0.15) is 11.1 Å². The molecule has 2 rings (SSSR count). The minimum atomic E-state index is -2.57. The number of benzene rings is 2. The van der Waals surface area contributed by atoms with Gasteiger partial charge in [0, 0.05) is 0 Å². The van der Waals surface area contributed by atoms with Crippen molar-refractivity contribution in [3.8, 4) is 0 Å². The van der Waals surface area contributed by atoms with Gasteiger partial charge in [-0.3, -0.25) is 9.59 Å². The Labute approximate surface area is 161 Å². The Morgan fingerprint density at radius 1 is 0.741 bits per heavy atom. The van der Waals surface area contributed by atoms with Gasteiger partial charge in [0.1, 0.15) is 0 Å². The zero-order chi connectivity index (χ0) is 19.9. The standard InChI is InChI=1S/C20H16ClO6/c1-20(21,18(24)26-16(22)12-14-8-4-2-5-9-14)19(25)27-17(23)13-15-10-6-3-7-11-15/h2-11H,1,12-13H2. The van der Waals surface area contributed by atoms with Crippen LogP contribution in [0.5, 0.6) is 0 Å². The van der Waals surface area contributed by atoms with Crippen LogP contribution in [0.2, 0.25) is 0 Å². The molecule has 139 valence electrons. The summed E-state index contributed by atoms with van der Waals surface area (Å²) in [4.78, 5) is 45.0. The van der Waals surface area contributed by atoms with Crippen molar-refractivity contribution in [2.45, 2.75) is 17.7 Å². The predicted octanol–water partition coefficient (Wildman–Crippen LogP) is 2.42. The van der Waals surface area contributed by atoms with Gasteiger partial charge in [-0.2, -0.15) is 0 Å². The Morgan fingerprint density at radius 3 is 1.41 bits per heavy atom. The molecule has 0 fully saturated rings. The zero-order valence-electron chi connectivity index (χ0n) is 14.2. The third kappa shape index (κ3) is 6.04. The van der Waals surface area contributed by atoms with E-state index in [9.17, 15) is 19.2 Å². The first-order valence-corrected chi connectivity index (χ1v) is 8.29. The summed E-state index contributed by atoms with van der Waals surface area (Å²) in [6, 6.07) is 17.1. The maximum atomic E-state index is 12.0. The maximum absolute atomic E-state index is 12.0. The van der Waals surface area contributed by atoms with Crippen LogP contribution in [0.3, 0.4) is 0 Å². The lowest BCUT2D eigenvalue weighted by Crippen LogP contribution is -2.43. The average Bonchev–Trinajstić information content (AvgIpc) is 2.63. The summed E-state index contributed by atoms with van der Waals surface area (Å²) in [5.74, 6) is -4.66. The van der Waals surface area contributed by atoms with Crippen molar-refractivity contribution in [1.82, 2.24) is 0 Å². The highest BCUT2D eigenvalue weighted by molar-refractivity contribution is 6.46. The molecule has 0 bridgehead atoms. The van der Waals surface area contributed by atoms with Crippen LogP contribution >= 0.6 is 11.6 Å². The van der Waals surface area contributed by atoms with Gasteiger partial charge in [-0.05, 0) is 18.1 Å². The quantitative estimate of drug-likeness (QED) is 0.430. The van der Waals surface area contributed by atoms with Crippen LogP contribution in [-0.4, -0.2) is 28.8 Å². The fourth-order valence-electron chi connectivity index (χ4n) is 2.05. The third-order valence-corrected chi connectivity index (χ3v) is 3.75. The van der Waals surface area contributed by atoms with Crippen molar-refractivity contribution in [1.29, 1.82) is 0 Å². The molecule has 0 N–H and O–H groups in total. The van der Waals surface area contributed by atoms with Crippen molar-refractivity contribution in [2.24, 2.45) is 0 Å². The van der Waals surface area contributed by atoms with E-state index in [1.807, 2.05) is 0 Å². The maximum Gasteiger partial charge on any atom is 0.346 e. The highest BCUT2D eigenvalue weighted by Gasteiger charge is 2.45. The molecule has 1 radical (unpaired) electrons. The van der Waals surface area contributed by atoms with E-state index in [4.69, 9.17) is 11.6 Å². The minimum absolute atomic E-state index is 0.193. The topological polar surface area (TPSA) is 86.7 Å². The van der Waals surface area contributed by atoms with E-state index in [-0.39, 0.29) is 12.8 Å². The number of halogens is 1. The molecule has 7 heteroatoms. The fraction of sp³-hybridized carbons (Fsp3) is 0.150. The molecule has 0 spiro atoms. The van der Waals surface area contributed by atoms with Crippen LogP contribution in [0.4, 0.5) is 0 Å². The number of rotatable bonds is 6. The SMILES string of the molecule is [CH2]C(Cl)(C(=O)OC(=O)Cc1ccccc1)C(=O)OC(=O)Cc1ccccc1. The van der Waals surface area contributed by atoms with Gasteiger partial charge in [-0.15, -0.1) is 0 Å². The Morgan fingerprint density at radius 2 is 1.07 bits per heavy atom. The van der Waals surface area contributed by atoms with Crippen LogP contribution < -0.4 is 0 Å². The van der Waals surface area contributed by atoms with Gasteiger partial charge in [0.25, 0.3) is 0 Å². The number of hydrogen-bond donors (Lipinski definition) is 0. The number of carbonyl (C=O) groups is 4. The summed E-state index contributed by atoms with van der Waals surface area (Å²) in [6.45, 7) is 3.20. The summed E-state index contributed by atoms with van der Waals surface area (Å²) in [5, 5.41) is 0. The smallest absolute Gasteiger partial charge is 0.346 e. The summed E-state index contributed by atoms with van der Waals surface area (Å²) in [7, 11) is 0. The van der Waals surface area contributed by atoms with Gasteiger partial charge >= 0.3 is 23.9 Å². The van der Waals surface area contributed by atoms with E-state index < -0.39 is 28.8 Å². The molecule has 0 unspecified atom stereocenters. The van der Waals surface area contributed by atoms with Gasteiger partial charge in [-0.25, -0.2) is 9.59 Å². The molecule has 2 aromatic rings. The molecule has 0 heterocycles. The van der Waals surface area contributed by atoms with E-state index in [0.29, 0.717) is 11.1 Å². The van der Waals surface area contributed by atoms with E-state index >= 15 is 0 Å². The van der Waals surface area contributed by atoms with Gasteiger partial charge < -0.3 is 9.47 Å². The first-order valence-electron chi connectivity index (χ1n) is 7.91. The number of esters is 4. The lowest BCUT2D eigenvalue weighted by molar-refractivity contribution is -0.167. The zero-order valence-corrected chi connectivity index (χ0v) is 15.0. The summed E-state index contributed by atoms with van der Waals surface area (Å²) >= 11 is 5.77. The number of ether oxygens (including phenoxy) is 2. The predicted molar refractivity (Wildman–Crippen MR) is 96.4 cm³/mol.